The third kappa shape index (κ3) is 8.33. The van der Waals surface area contributed by atoms with Crippen molar-refractivity contribution in [2.45, 2.75) is 25.7 Å². The molecule has 0 fully saturated rings. The Labute approximate surface area is 265 Å². The molecule has 0 amide bonds. The van der Waals surface area contributed by atoms with Crippen molar-refractivity contribution in [3.05, 3.63) is 96.5 Å². The van der Waals surface area contributed by atoms with Gasteiger partial charge in [0.05, 0.1) is 13.2 Å². The van der Waals surface area contributed by atoms with Crippen LogP contribution in [0.2, 0.25) is 0 Å². The molecular weight excluding hydrogens is 589 g/mol. The van der Waals surface area contributed by atoms with Gasteiger partial charge < -0.3 is 9.47 Å². The molecule has 5 aromatic rings. The molecule has 0 radical (unpaired) electrons. The molecular formula is C34H32BN3O6S. The number of ether oxygens (including phenoxy) is 4. The van der Waals surface area contributed by atoms with E-state index in [1.165, 1.54) is 11.3 Å². The van der Waals surface area contributed by atoms with Crippen LogP contribution in [0.25, 0.3) is 20.9 Å². The van der Waals surface area contributed by atoms with Crippen molar-refractivity contribution in [2.75, 3.05) is 25.7 Å². The number of nitrogens with one attached hydrogen (secondary N) is 1. The number of unbranched alkanes of at least 4 members (excludes halogenated alkanes) is 3. The minimum absolute atomic E-state index is 0.387. The van der Waals surface area contributed by atoms with Crippen LogP contribution in [0.3, 0.4) is 0 Å². The third-order valence-corrected chi connectivity index (χ3v) is 7.80. The number of carbonyl (C=O) groups excluding carboxylic acids is 2. The van der Waals surface area contributed by atoms with E-state index in [2.05, 4.69) is 22.1 Å². The maximum atomic E-state index is 13.2. The molecule has 2 heterocycles. The molecule has 0 aliphatic rings. The van der Waals surface area contributed by atoms with Crippen molar-refractivity contribution in [3.8, 4) is 17.2 Å². The second-order valence-corrected chi connectivity index (χ2v) is 11.0. The zero-order valence-corrected chi connectivity index (χ0v) is 25.7. The van der Waals surface area contributed by atoms with Crippen molar-refractivity contribution in [1.82, 2.24) is 4.98 Å². The summed E-state index contributed by atoms with van der Waals surface area (Å²) in [4.78, 5) is 28.8. The van der Waals surface area contributed by atoms with Crippen LogP contribution in [0.15, 0.2) is 90.4 Å². The Morgan fingerprint density at radius 2 is 1.78 bits per heavy atom. The summed E-state index contributed by atoms with van der Waals surface area (Å²) in [7, 11) is 1.60. The van der Waals surface area contributed by atoms with Gasteiger partial charge in [-0.25, -0.2) is 4.79 Å². The number of hydrogen-bond donors (Lipinski definition) is 1. The van der Waals surface area contributed by atoms with Crippen molar-refractivity contribution in [2.24, 2.45) is 5.10 Å². The van der Waals surface area contributed by atoms with E-state index in [4.69, 9.17) is 18.9 Å². The van der Waals surface area contributed by atoms with E-state index >= 15 is 0 Å². The van der Waals surface area contributed by atoms with Gasteiger partial charge in [-0.05, 0) is 49.9 Å². The predicted molar refractivity (Wildman–Crippen MR) is 179 cm³/mol. The summed E-state index contributed by atoms with van der Waals surface area (Å²) in [6.07, 6.45) is 6.35. The molecule has 1 N–H and O–H groups in total. The van der Waals surface area contributed by atoms with Gasteiger partial charge in [0.2, 0.25) is 0 Å². The van der Waals surface area contributed by atoms with E-state index in [1.54, 1.807) is 43.7 Å². The molecule has 0 spiro atoms. The first-order valence-electron chi connectivity index (χ1n) is 14.5. The molecule has 0 aliphatic carbocycles. The number of anilines is 1. The summed E-state index contributed by atoms with van der Waals surface area (Å²) in [5.74, 6) is 2.74. The van der Waals surface area contributed by atoms with Gasteiger partial charge in [-0.1, -0.05) is 6.58 Å². The fourth-order valence-corrected chi connectivity index (χ4v) is 5.46. The molecule has 0 unspecified atom stereocenters. The number of rotatable bonds is 15. The Bertz CT molecular complexity index is 1790. The smallest absolute Gasteiger partial charge is 0.0191 e. The Balaban J connectivity index is 1.21. The van der Waals surface area contributed by atoms with Crippen LogP contribution in [0, 0.1) is 0 Å². The van der Waals surface area contributed by atoms with E-state index in [-0.39, 0.29) is 0 Å². The zero-order valence-electron chi connectivity index (χ0n) is 24.9. The number of nitrogens with zero attached hydrogens (tertiary/aromatic N) is 2. The molecule has 228 valence electrons. The molecule has 3 aromatic carbocycles. The van der Waals surface area contributed by atoms with Gasteiger partial charge in [-0.2, -0.15) is 0 Å². The molecule has 0 aliphatic heterocycles. The molecule has 0 saturated carbocycles. The number of methoxy groups -OCH3 is 1. The van der Waals surface area contributed by atoms with Crippen molar-refractivity contribution < 1.29 is 28.5 Å². The van der Waals surface area contributed by atoms with Crippen molar-refractivity contribution in [3.63, 3.8) is 0 Å². The largest absolute Gasteiger partial charge is 0.0440 e. The standard InChI is InChI=1S/C34H32BN3O6S/c1-3-30(39)43-20-9-5-4-8-19-42-25-16-14-23(15-17-25)33(40)44-29-21-24(31(41-2)27-12-7-6-11-26(27)29)22-36-38-34-37-28-13-10-18-35-32(28)45-34/h3,6-7,10-18,21-22H,1,4-5,8-9,19-20H2,2H3,(H,37,38)/b36-22+. The van der Waals surface area contributed by atoms with Crippen LogP contribution < -0.4 is 19.6 Å². The summed E-state index contributed by atoms with van der Waals surface area (Å²) in [6.45, 7) is 6.33. The first-order valence-corrected chi connectivity index (χ1v) is 15.4. The normalized spacial score (nSPS) is 11.0. The quantitative estimate of drug-likeness (QED) is 0.0329. The van der Waals surface area contributed by atoms with Crippen molar-refractivity contribution >= 4 is 62.4 Å². The summed E-state index contributed by atoms with van der Waals surface area (Å²) in [6, 6.07) is 20.1. The minimum atomic E-state index is -0.496. The van der Waals surface area contributed by atoms with Gasteiger partial charge in [0.15, 0.2) is 0 Å². The summed E-state index contributed by atoms with van der Waals surface area (Å²) in [5.41, 5.74) is 4.91. The molecule has 45 heavy (non-hydrogen) atoms. The van der Waals surface area contributed by atoms with Gasteiger partial charge in [0.1, 0.15) is 5.75 Å². The van der Waals surface area contributed by atoms with Gasteiger partial charge in [-0.3, -0.25) is 0 Å². The van der Waals surface area contributed by atoms with E-state index in [0.29, 0.717) is 46.7 Å². The summed E-state index contributed by atoms with van der Waals surface area (Å²) < 4.78 is 23.5. The van der Waals surface area contributed by atoms with Crippen molar-refractivity contribution in [1.29, 1.82) is 0 Å². The number of aromatic nitrogens is 1. The SMILES string of the molecule is C=CC(=O)OCCCCCCOc1ccc(C(=O)Oc2cc(/C=N/Nc3nc4cccbc4s3)c(OC)c3ccccc23)cc1. The van der Waals surface area contributed by atoms with Crippen LogP contribution in [0.5, 0.6) is 17.2 Å². The van der Waals surface area contributed by atoms with E-state index in [9.17, 15) is 9.59 Å². The number of hydrogen-bond acceptors (Lipinski definition) is 10. The third-order valence-electron chi connectivity index (χ3n) is 6.86. The molecule has 2 aromatic heterocycles. The second-order valence-electron chi connectivity index (χ2n) is 9.95. The number of hydrazone groups is 1. The molecule has 9 nitrogen and oxygen atoms in total. The topological polar surface area (TPSA) is 108 Å². The van der Waals surface area contributed by atoms with E-state index in [1.807, 2.05) is 49.3 Å². The van der Waals surface area contributed by atoms with Crippen LogP contribution in [-0.4, -0.2) is 50.4 Å². The summed E-state index contributed by atoms with van der Waals surface area (Å²) in [5, 5.41) is 6.57. The Hall–Kier alpha value is -5.03. The fraction of sp³-hybridized carbons (Fsp3) is 0.206. The van der Waals surface area contributed by atoms with Crippen LogP contribution in [0.4, 0.5) is 5.13 Å². The molecule has 11 heteroatoms. The number of fused-ring (bicyclic) bond motifs is 2. The predicted octanol–water partition coefficient (Wildman–Crippen LogP) is 7.13. The Kier molecular flexibility index (Phi) is 10.9. The average molecular weight is 622 g/mol. The molecule has 5 rings (SSSR count). The maximum absolute atomic E-state index is 13.2. The van der Waals surface area contributed by atoms with Gasteiger partial charge >= 0.3 is 170 Å². The summed E-state index contributed by atoms with van der Waals surface area (Å²) >= 11 is 1.50. The minimum Gasteiger partial charge on any atom is -0.0440 e. The van der Waals surface area contributed by atoms with Gasteiger partial charge in [0.25, 0.3) is 0 Å². The van der Waals surface area contributed by atoms with E-state index < -0.39 is 11.9 Å². The average Bonchev–Trinajstić information content (AvgIpc) is 3.49. The molecule has 0 bridgehead atoms. The number of thiazole rings is 1. The van der Waals surface area contributed by atoms with Gasteiger partial charge in [0, 0.05) is 6.08 Å². The number of carbonyl (C=O) groups is 2. The van der Waals surface area contributed by atoms with Gasteiger partial charge in [-0.15, -0.1) is 0 Å². The zero-order chi connectivity index (χ0) is 31.4. The maximum Gasteiger partial charge on any atom is -0.0191 e. The number of benzene rings is 3. The van der Waals surface area contributed by atoms with Crippen LogP contribution in [-0.2, 0) is 9.53 Å². The Morgan fingerprint density at radius 1 is 1.00 bits per heavy atom. The fourth-order valence-electron chi connectivity index (χ4n) is 4.65. The van der Waals surface area contributed by atoms with E-state index in [0.717, 1.165) is 52.6 Å². The Morgan fingerprint density at radius 3 is 2.53 bits per heavy atom. The first-order chi connectivity index (χ1) is 22.1. The van der Waals surface area contributed by atoms with Crippen LogP contribution in [0.1, 0.15) is 41.6 Å². The second kappa shape index (κ2) is 15.6. The molecule has 0 saturated heterocycles. The van der Waals surface area contributed by atoms with Crippen LogP contribution >= 0.6 is 11.3 Å². The first kappa shape index (κ1) is 31.4. The monoisotopic (exact) mass is 621 g/mol. The molecule has 0 atom stereocenters. The number of esters is 2.